The molecular weight excluding hydrogens is 308 g/mol. The van der Waals surface area contributed by atoms with E-state index in [0.29, 0.717) is 6.54 Å². The number of fused-ring (bicyclic) bond motifs is 1. The van der Waals surface area contributed by atoms with E-state index in [4.69, 9.17) is 10.5 Å². The summed E-state index contributed by atoms with van der Waals surface area (Å²) >= 11 is 0. The molecule has 1 heterocycles. The molecule has 0 unspecified atom stereocenters. The Balaban J connectivity index is 0.00000192. The minimum absolute atomic E-state index is 0. The van der Waals surface area contributed by atoms with Crippen molar-refractivity contribution < 1.29 is 4.74 Å². The second kappa shape index (κ2) is 8.04. The highest BCUT2D eigenvalue weighted by atomic mass is 35.5. The van der Waals surface area contributed by atoms with E-state index in [9.17, 15) is 0 Å². The molecule has 2 aromatic carbocycles. The molecule has 2 N–H and O–H groups in total. The quantitative estimate of drug-likeness (QED) is 0.746. The third-order valence-corrected chi connectivity index (χ3v) is 4.07. The molecule has 4 heteroatoms. The molecule has 0 bridgehead atoms. The monoisotopic (exact) mass is 330 g/mol. The Morgan fingerprint density at radius 1 is 1.04 bits per heavy atom. The van der Waals surface area contributed by atoms with Crippen LogP contribution in [-0.4, -0.2) is 18.2 Å². The Morgan fingerprint density at radius 3 is 2.52 bits per heavy atom. The number of hydrogen-bond acceptors (Lipinski definition) is 2. The first-order valence-electron chi connectivity index (χ1n) is 7.71. The fraction of sp³-hybridized carbons (Fsp3) is 0.263. The van der Waals surface area contributed by atoms with E-state index in [-0.39, 0.29) is 12.4 Å². The second-order valence-electron chi connectivity index (χ2n) is 5.51. The van der Waals surface area contributed by atoms with E-state index in [1.807, 2.05) is 6.07 Å². The molecule has 0 atom stereocenters. The lowest BCUT2D eigenvalue weighted by Crippen LogP contribution is -2.02. The van der Waals surface area contributed by atoms with E-state index >= 15 is 0 Å². The van der Waals surface area contributed by atoms with Gasteiger partial charge in [-0.2, -0.15) is 0 Å². The zero-order valence-corrected chi connectivity index (χ0v) is 14.2. The second-order valence-corrected chi connectivity index (χ2v) is 5.51. The van der Waals surface area contributed by atoms with Gasteiger partial charge in [-0.15, -0.1) is 12.4 Å². The van der Waals surface area contributed by atoms with Gasteiger partial charge in [-0.05, 0) is 48.7 Å². The average Bonchev–Trinajstić information content (AvgIpc) is 2.91. The highest BCUT2D eigenvalue weighted by molar-refractivity contribution is 5.86. The predicted octanol–water partition coefficient (Wildman–Crippen LogP) is 3.82. The van der Waals surface area contributed by atoms with Crippen molar-refractivity contribution in [2.24, 2.45) is 5.73 Å². The number of aryl methyl sites for hydroxylation is 2. The van der Waals surface area contributed by atoms with Crippen LogP contribution in [0.15, 0.2) is 54.7 Å². The Kier molecular flexibility index (Phi) is 6.08. The first kappa shape index (κ1) is 17.4. The standard InChI is InChI=1S/C19H22N2O.ClH/c1-22-17-7-8-19-18(13-17)16(9-11-20)14-21(19)12-10-15-5-3-2-4-6-15;/h2-8,13-14H,9-12,20H2,1H3;1H. The molecule has 3 rings (SSSR count). The summed E-state index contributed by atoms with van der Waals surface area (Å²) in [5.74, 6) is 0.895. The third-order valence-electron chi connectivity index (χ3n) is 4.07. The molecule has 23 heavy (non-hydrogen) atoms. The van der Waals surface area contributed by atoms with Gasteiger partial charge in [0.1, 0.15) is 5.75 Å². The zero-order chi connectivity index (χ0) is 15.4. The number of aromatic nitrogens is 1. The molecule has 0 spiro atoms. The Morgan fingerprint density at radius 2 is 1.83 bits per heavy atom. The molecule has 0 fully saturated rings. The maximum Gasteiger partial charge on any atom is 0.119 e. The summed E-state index contributed by atoms with van der Waals surface area (Å²) in [4.78, 5) is 0. The molecule has 0 aliphatic carbocycles. The van der Waals surface area contributed by atoms with E-state index in [1.165, 1.54) is 22.0 Å². The topological polar surface area (TPSA) is 40.2 Å². The lowest BCUT2D eigenvalue weighted by atomic mass is 10.1. The van der Waals surface area contributed by atoms with Crippen molar-refractivity contribution >= 4 is 23.3 Å². The first-order valence-corrected chi connectivity index (χ1v) is 7.71. The van der Waals surface area contributed by atoms with Crippen molar-refractivity contribution in [3.05, 3.63) is 65.9 Å². The van der Waals surface area contributed by atoms with Crippen molar-refractivity contribution in [2.45, 2.75) is 19.4 Å². The fourth-order valence-corrected chi connectivity index (χ4v) is 2.91. The minimum atomic E-state index is 0. The lowest BCUT2D eigenvalue weighted by molar-refractivity contribution is 0.415. The highest BCUT2D eigenvalue weighted by Gasteiger charge is 2.09. The van der Waals surface area contributed by atoms with Crippen LogP contribution in [0.2, 0.25) is 0 Å². The van der Waals surface area contributed by atoms with E-state index < -0.39 is 0 Å². The van der Waals surface area contributed by atoms with Crippen LogP contribution in [0, 0.1) is 0 Å². The van der Waals surface area contributed by atoms with Crippen molar-refractivity contribution in [1.29, 1.82) is 0 Å². The first-order chi connectivity index (χ1) is 10.8. The molecule has 3 nitrogen and oxygen atoms in total. The van der Waals surface area contributed by atoms with Crippen LogP contribution in [-0.2, 0) is 19.4 Å². The molecule has 0 aliphatic heterocycles. The fourth-order valence-electron chi connectivity index (χ4n) is 2.91. The van der Waals surface area contributed by atoms with Crippen molar-refractivity contribution in [3.8, 4) is 5.75 Å². The number of nitrogens with two attached hydrogens (primary N) is 1. The summed E-state index contributed by atoms with van der Waals surface area (Å²) < 4.78 is 7.68. The maximum atomic E-state index is 5.76. The van der Waals surface area contributed by atoms with E-state index in [1.54, 1.807) is 7.11 Å². The number of halogens is 1. The van der Waals surface area contributed by atoms with Gasteiger partial charge >= 0.3 is 0 Å². The van der Waals surface area contributed by atoms with Gasteiger partial charge in [0.05, 0.1) is 7.11 Å². The molecule has 0 radical (unpaired) electrons. The summed E-state index contributed by atoms with van der Waals surface area (Å²) in [7, 11) is 1.70. The van der Waals surface area contributed by atoms with Crippen molar-refractivity contribution in [2.75, 3.05) is 13.7 Å². The van der Waals surface area contributed by atoms with Gasteiger partial charge in [0.15, 0.2) is 0 Å². The molecule has 0 amide bonds. The average molecular weight is 331 g/mol. The van der Waals surface area contributed by atoms with Crippen LogP contribution >= 0.6 is 12.4 Å². The van der Waals surface area contributed by atoms with Crippen molar-refractivity contribution in [1.82, 2.24) is 4.57 Å². The number of hydrogen-bond donors (Lipinski definition) is 1. The van der Waals surface area contributed by atoms with E-state index in [0.717, 1.165) is 25.1 Å². The summed E-state index contributed by atoms with van der Waals surface area (Å²) in [6.45, 7) is 1.63. The smallest absolute Gasteiger partial charge is 0.119 e. The number of nitrogens with zero attached hydrogens (tertiary/aromatic N) is 1. The molecule has 122 valence electrons. The number of methoxy groups -OCH3 is 1. The van der Waals surface area contributed by atoms with Gasteiger partial charge in [-0.1, -0.05) is 30.3 Å². The highest BCUT2D eigenvalue weighted by Crippen LogP contribution is 2.26. The molecule has 0 saturated carbocycles. The van der Waals surface area contributed by atoms with Crippen LogP contribution in [0.4, 0.5) is 0 Å². The SMILES string of the molecule is COc1ccc2c(c1)c(CCN)cn2CCc1ccccc1.Cl. The Bertz CT molecular complexity index is 753. The number of rotatable bonds is 6. The normalized spacial score (nSPS) is 10.5. The van der Waals surface area contributed by atoms with Crippen LogP contribution in [0.25, 0.3) is 10.9 Å². The van der Waals surface area contributed by atoms with Crippen LogP contribution in [0.1, 0.15) is 11.1 Å². The maximum absolute atomic E-state index is 5.76. The van der Waals surface area contributed by atoms with Gasteiger partial charge in [0.25, 0.3) is 0 Å². The number of ether oxygens (including phenoxy) is 1. The lowest BCUT2D eigenvalue weighted by Gasteiger charge is -2.06. The van der Waals surface area contributed by atoms with Gasteiger partial charge in [-0.3, -0.25) is 0 Å². The van der Waals surface area contributed by atoms with Crippen LogP contribution < -0.4 is 10.5 Å². The molecular formula is C19H23ClN2O. The van der Waals surface area contributed by atoms with Gasteiger partial charge in [-0.25, -0.2) is 0 Å². The molecule has 0 aliphatic rings. The van der Waals surface area contributed by atoms with Gasteiger partial charge in [0, 0.05) is 23.6 Å². The summed E-state index contributed by atoms with van der Waals surface area (Å²) in [6, 6.07) is 16.9. The van der Waals surface area contributed by atoms with E-state index in [2.05, 4.69) is 53.2 Å². The van der Waals surface area contributed by atoms with Crippen molar-refractivity contribution in [3.63, 3.8) is 0 Å². The molecule has 0 saturated heterocycles. The van der Waals surface area contributed by atoms with Crippen LogP contribution in [0.3, 0.4) is 0 Å². The Labute approximate surface area is 143 Å². The van der Waals surface area contributed by atoms with Gasteiger partial charge in [0.2, 0.25) is 0 Å². The van der Waals surface area contributed by atoms with Gasteiger partial charge < -0.3 is 15.0 Å². The Hall–Kier alpha value is -1.97. The predicted molar refractivity (Wildman–Crippen MR) is 98.6 cm³/mol. The largest absolute Gasteiger partial charge is 0.497 e. The summed E-state index contributed by atoms with van der Waals surface area (Å²) in [5, 5.41) is 1.25. The molecule has 1 aromatic heterocycles. The molecule has 3 aromatic rings. The number of benzene rings is 2. The summed E-state index contributed by atoms with van der Waals surface area (Å²) in [6.07, 6.45) is 4.15. The zero-order valence-electron chi connectivity index (χ0n) is 13.4. The minimum Gasteiger partial charge on any atom is -0.497 e. The summed E-state index contributed by atoms with van der Waals surface area (Å²) in [5.41, 5.74) is 9.66. The van der Waals surface area contributed by atoms with Crippen LogP contribution in [0.5, 0.6) is 5.75 Å². The third kappa shape index (κ3) is 3.87.